The van der Waals surface area contributed by atoms with Crippen LogP contribution in [0.25, 0.3) is 11.4 Å². The van der Waals surface area contributed by atoms with Crippen molar-refractivity contribution in [3.8, 4) is 11.4 Å². The summed E-state index contributed by atoms with van der Waals surface area (Å²) >= 11 is 7.28. The normalized spacial score (nSPS) is 10.6. The Bertz CT molecular complexity index is 663. The zero-order valence-electron chi connectivity index (χ0n) is 9.93. The lowest BCUT2D eigenvalue weighted by atomic mass is 10.2. The van der Waals surface area contributed by atoms with Crippen LogP contribution < -0.4 is 5.32 Å². The van der Waals surface area contributed by atoms with Crippen molar-refractivity contribution in [3.05, 3.63) is 52.2 Å². The molecule has 0 spiro atoms. The minimum atomic E-state index is 0.570. The van der Waals surface area contributed by atoms with Gasteiger partial charge in [0.25, 0.3) is 0 Å². The summed E-state index contributed by atoms with van der Waals surface area (Å²) in [5, 5.41) is 3.35. The molecular weight excluding hydrogens is 280 g/mol. The van der Waals surface area contributed by atoms with E-state index in [1.54, 1.807) is 12.4 Å². The number of hydrogen-bond donors (Lipinski definition) is 2. The van der Waals surface area contributed by atoms with Crippen molar-refractivity contribution < 1.29 is 0 Å². The minimum Gasteiger partial charge on any atom is -0.380 e. The molecule has 2 N–H and O–H groups in total. The predicted molar refractivity (Wildman–Crippen MR) is 78.5 cm³/mol. The number of halogens is 1. The molecule has 0 saturated carbocycles. The molecule has 0 atom stereocenters. The van der Waals surface area contributed by atoms with E-state index in [2.05, 4.69) is 26.3 Å². The first kappa shape index (κ1) is 12.2. The summed E-state index contributed by atoms with van der Waals surface area (Å²) in [5.41, 5.74) is 2.09. The Balaban J connectivity index is 1.73. The molecule has 2 heterocycles. The number of aromatic nitrogens is 3. The monoisotopic (exact) mass is 290 g/mol. The van der Waals surface area contributed by atoms with Gasteiger partial charge in [-0.2, -0.15) is 0 Å². The third kappa shape index (κ3) is 2.94. The predicted octanol–water partition coefficient (Wildman–Crippen LogP) is 3.80. The summed E-state index contributed by atoms with van der Waals surface area (Å²) in [4.78, 5) is 12.5. The van der Waals surface area contributed by atoms with Crippen LogP contribution in [0.2, 0.25) is 4.47 Å². The highest BCUT2D eigenvalue weighted by Gasteiger charge is 2.02. The topological polar surface area (TPSA) is 53.6 Å². The van der Waals surface area contributed by atoms with Gasteiger partial charge in [0, 0.05) is 34.7 Å². The Hall–Kier alpha value is -1.85. The Kier molecular flexibility index (Phi) is 3.48. The van der Waals surface area contributed by atoms with E-state index in [4.69, 9.17) is 11.6 Å². The van der Waals surface area contributed by atoms with Gasteiger partial charge >= 0.3 is 0 Å². The van der Waals surface area contributed by atoms with Crippen molar-refractivity contribution in [1.82, 2.24) is 15.0 Å². The summed E-state index contributed by atoms with van der Waals surface area (Å²) in [7, 11) is 0. The van der Waals surface area contributed by atoms with Crippen molar-refractivity contribution in [1.29, 1.82) is 0 Å². The molecule has 0 unspecified atom stereocenters. The number of thiazole rings is 1. The number of aromatic amines is 1. The van der Waals surface area contributed by atoms with E-state index in [1.807, 2.05) is 24.4 Å². The van der Waals surface area contributed by atoms with Gasteiger partial charge in [-0.25, -0.2) is 9.97 Å². The molecule has 3 aromatic rings. The van der Waals surface area contributed by atoms with Crippen LogP contribution in [0.3, 0.4) is 0 Å². The molecule has 0 bridgehead atoms. The third-order valence-electron chi connectivity index (χ3n) is 2.63. The molecule has 19 heavy (non-hydrogen) atoms. The van der Waals surface area contributed by atoms with Crippen LogP contribution in [-0.2, 0) is 6.54 Å². The summed E-state index contributed by atoms with van der Waals surface area (Å²) in [6.07, 6.45) is 5.35. The summed E-state index contributed by atoms with van der Waals surface area (Å²) in [6.45, 7) is 0.714. The van der Waals surface area contributed by atoms with Gasteiger partial charge in [-0.3, -0.25) is 0 Å². The molecule has 3 rings (SSSR count). The molecule has 0 saturated heterocycles. The lowest BCUT2D eigenvalue weighted by Crippen LogP contribution is -1.97. The quantitative estimate of drug-likeness (QED) is 0.768. The fourth-order valence-electron chi connectivity index (χ4n) is 1.75. The average molecular weight is 291 g/mol. The molecule has 0 aliphatic rings. The van der Waals surface area contributed by atoms with Crippen LogP contribution in [0, 0.1) is 0 Å². The Morgan fingerprint density at radius 2 is 2.26 bits per heavy atom. The Morgan fingerprint density at radius 1 is 1.32 bits per heavy atom. The van der Waals surface area contributed by atoms with Gasteiger partial charge in [-0.05, 0) is 12.1 Å². The number of hydrogen-bond acceptors (Lipinski definition) is 4. The summed E-state index contributed by atoms with van der Waals surface area (Å²) in [5.74, 6) is 0.865. The first-order valence-electron chi connectivity index (χ1n) is 5.75. The van der Waals surface area contributed by atoms with Crippen LogP contribution in [0.4, 0.5) is 5.69 Å². The molecule has 1 aromatic carbocycles. The second kappa shape index (κ2) is 5.42. The van der Waals surface area contributed by atoms with Crippen LogP contribution in [0.15, 0.2) is 42.9 Å². The molecule has 0 radical (unpaired) electrons. The molecule has 0 aliphatic carbocycles. The first-order valence-corrected chi connectivity index (χ1v) is 6.94. The lowest BCUT2D eigenvalue weighted by molar-refractivity contribution is 1.17. The highest BCUT2D eigenvalue weighted by atomic mass is 35.5. The zero-order valence-corrected chi connectivity index (χ0v) is 11.5. The Morgan fingerprint density at radius 3 is 3.00 bits per heavy atom. The molecule has 0 aliphatic heterocycles. The van der Waals surface area contributed by atoms with Crippen molar-refractivity contribution in [2.75, 3.05) is 5.32 Å². The van der Waals surface area contributed by atoms with Gasteiger partial charge in [0.1, 0.15) is 5.82 Å². The van der Waals surface area contributed by atoms with Crippen LogP contribution >= 0.6 is 22.9 Å². The average Bonchev–Trinajstić information content (AvgIpc) is 3.08. The van der Waals surface area contributed by atoms with Crippen molar-refractivity contribution in [2.45, 2.75) is 6.54 Å². The zero-order chi connectivity index (χ0) is 13.1. The van der Waals surface area contributed by atoms with E-state index in [1.165, 1.54) is 11.3 Å². The molecule has 6 heteroatoms. The molecule has 0 amide bonds. The SMILES string of the molecule is Clc1ncc(CNc2cccc(-c3ncc[nH]3)c2)s1. The van der Waals surface area contributed by atoms with Gasteiger partial charge in [-0.15, -0.1) is 11.3 Å². The number of benzene rings is 1. The van der Waals surface area contributed by atoms with Crippen molar-refractivity contribution in [3.63, 3.8) is 0 Å². The van der Waals surface area contributed by atoms with E-state index in [-0.39, 0.29) is 0 Å². The van der Waals surface area contributed by atoms with E-state index in [0.717, 1.165) is 22.0 Å². The molecule has 0 fully saturated rings. The fraction of sp³-hybridized carbons (Fsp3) is 0.0769. The fourth-order valence-corrected chi connectivity index (χ4v) is 2.67. The first-order chi connectivity index (χ1) is 9.31. The highest BCUT2D eigenvalue weighted by molar-refractivity contribution is 7.15. The standard InChI is InChI=1S/C13H11ClN4S/c14-13-18-8-11(19-13)7-17-10-3-1-2-9(6-10)12-15-4-5-16-12/h1-6,8,17H,7H2,(H,15,16). The van der Waals surface area contributed by atoms with E-state index >= 15 is 0 Å². The van der Waals surface area contributed by atoms with E-state index in [0.29, 0.717) is 11.0 Å². The second-order valence-electron chi connectivity index (χ2n) is 3.95. The molecule has 96 valence electrons. The van der Waals surface area contributed by atoms with Gasteiger partial charge in [0.15, 0.2) is 4.47 Å². The number of nitrogens with one attached hydrogen (secondary N) is 2. The van der Waals surface area contributed by atoms with Crippen LogP contribution in [-0.4, -0.2) is 15.0 Å². The highest BCUT2D eigenvalue weighted by Crippen LogP contribution is 2.21. The number of imidazole rings is 1. The molecular formula is C13H11ClN4S. The number of H-pyrrole nitrogens is 1. The van der Waals surface area contributed by atoms with Crippen molar-refractivity contribution >= 4 is 28.6 Å². The van der Waals surface area contributed by atoms with Crippen molar-refractivity contribution in [2.24, 2.45) is 0 Å². The number of anilines is 1. The second-order valence-corrected chi connectivity index (χ2v) is 5.65. The summed E-state index contributed by atoms with van der Waals surface area (Å²) < 4.78 is 0.570. The Labute approximate surface area is 119 Å². The third-order valence-corrected chi connectivity index (χ3v) is 3.74. The van der Waals surface area contributed by atoms with Gasteiger partial charge in [-0.1, -0.05) is 23.7 Å². The smallest absolute Gasteiger partial charge is 0.183 e. The number of nitrogens with zero attached hydrogens (tertiary/aromatic N) is 2. The largest absolute Gasteiger partial charge is 0.380 e. The van der Waals surface area contributed by atoms with Gasteiger partial charge < -0.3 is 10.3 Å². The number of rotatable bonds is 4. The lowest BCUT2D eigenvalue weighted by Gasteiger charge is -2.06. The van der Waals surface area contributed by atoms with Crippen LogP contribution in [0.5, 0.6) is 0 Å². The summed E-state index contributed by atoms with van der Waals surface area (Å²) in [6, 6.07) is 8.10. The maximum Gasteiger partial charge on any atom is 0.183 e. The van der Waals surface area contributed by atoms with E-state index < -0.39 is 0 Å². The maximum atomic E-state index is 5.80. The molecule has 4 nitrogen and oxygen atoms in total. The maximum absolute atomic E-state index is 5.80. The van der Waals surface area contributed by atoms with Crippen LogP contribution in [0.1, 0.15) is 4.88 Å². The minimum absolute atomic E-state index is 0.570. The molecule has 2 aromatic heterocycles. The van der Waals surface area contributed by atoms with E-state index in [9.17, 15) is 0 Å². The van der Waals surface area contributed by atoms with Gasteiger partial charge in [0.2, 0.25) is 0 Å². The van der Waals surface area contributed by atoms with Gasteiger partial charge in [0.05, 0.1) is 6.54 Å².